The lowest BCUT2D eigenvalue weighted by Crippen LogP contribution is -2.22. The van der Waals surface area contributed by atoms with Crippen molar-refractivity contribution < 1.29 is 14.3 Å². The number of anilines is 1. The maximum absolute atomic E-state index is 12.0. The summed E-state index contributed by atoms with van der Waals surface area (Å²) in [7, 11) is 0. The predicted octanol–water partition coefficient (Wildman–Crippen LogP) is 3.51. The van der Waals surface area contributed by atoms with Crippen LogP contribution in [0, 0.1) is 0 Å². The van der Waals surface area contributed by atoms with E-state index in [2.05, 4.69) is 15.6 Å². The summed E-state index contributed by atoms with van der Waals surface area (Å²) in [4.78, 5) is 27.4. The minimum absolute atomic E-state index is 0.0251. The number of carbonyl (C=O) groups excluding carboxylic acids is 2. The van der Waals surface area contributed by atoms with Gasteiger partial charge in [0.15, 0.2) is 11.7 Å². The Morgan fingerprint density at radius 1 is 1.07 bits per heavy atom. The fourth-order valence-electron chi connectivity index (χ4n) is 2.51. The molecule has 2 aromatic carbocycles. The number of nitrogens with one attached hydrogen (secondary N) is 2. The van der Waals surface area contributed by atoms with Gasteiger partial charge in [-0.15, -0.1) is 11.3 Å². The maximum Gasteiger partial charge on any atom is 0.264 e. The number of benzene rings is 2. The van der Waals surface area contributed by atoms with Crippen molar-refractivity contribution in [1.82, 2.24) is 10.3 Å². The highest BCUT2D eigenvalue weighted by atomic mass is 32.1. The first-order chi connectivity index (χ1) is 13.6. The Kier molecular flexibility index (Phi) is 6.75. The molecule has 2 N–H and O–H groups in total. The molecule has 0 aliphatic carbocycles. The molecular weight excluding hydrogens is 374 g/mol. The van der Waals surface area contributed by atoms with Crippen LogP contribution in [0.5, 0.6) is 5.75 Å². The summed E-state index contributed by atoms with van der Waals surface area (Å²) < 4.78 is 5.43. The molecular formula is C21H21N3O3S. The molecule has 2 amide bonds. The number of hydrogen-bond acceptors (Lipinski definition) is 5. The van der Waals surface area contributed by atoms with E-state index in [4.69, 9.17) is 4.74 Å². The Balaban J connectivity index is 1.51. The highest BCUT2D eigenvalue weighted by Gasteiger charge is 2.09. The molecule has 7 heteroatoms. The zero-order chi connectivity index (χ0) is 19.8. The molecule has 0 radical (unpaired) electrons. The lowest BCUT2D eigenvalue weighted by molar-refractivity contribution is -0.119. The largest absolute Gasteiger partial charge is 0.484 e. The van der Waals surface area contributed by atoms with E-state index in [1.54, 1.807) is 12.1 Å². The van der Waals surface area contributed by atoms with Gasteiger partial charge in [-0.2, -0.15) is 0 Å². The van der Waals surface area contributed by atoms with Crippen molar-refractivity contribution in [3.63, 3.8) is 0 Å². The van der Waals surface area contributed by atoms with E-state index in [0.29, 0.717) is 17.4 Å². The van der Waals surface area contributed by atoms with Gasteiger partial charge in [0.1, 0.15) is 5.75 Å². The molecule has 28 heavy (non-hydrogen) atoms. The average Bonchev–Trinajstić information content (AvgIpc) is 3.16. The van der Waals surface area contributed by atoms with Crippen LogP contribution < -0.4 is 15.4 Å². The van der Waals surface area contributed by atoms with Crippen molar-refractivity contribution in [2.24, 2.45) is 0 Å². The van der Waals surface area contributed by atoms with Crippen molar-refractivity contribution in [1.29, 1.82) is 0 Å². The summed E-state index contributed by atoms with van der Waals surface area (Å²) in [5, 5.41) is 7.97. The van der Waals surface area contributed by atoms with E-state index in [9.17, 15) is 9.59 Å². The predicted molar refractivity (Wildman–Crippen MR) is 111 cm³/mol. The van der Waals surface area contributed by atoms with E-state index in [1.807, 2.05) is 47.8 Å². The lowest BCUT2D eigenvalue weighted by Gasteiger charge is -2.05. The van der Waals surface area contributed by atoms with Gasteiger partial charge >= 0.3 is 0 Å². The summed E-state index contributed by atoms with van der Waals surface area (Å²) in [6, 6.07) is 17.2. The van der Waals surface area contributed by atoms with Crippen LogP contribution in [-0.2, 0) is 16.0 Å². The topological polar surface area (TPSA) is 80.3 Å². The van der Waals surface area contributed by atoms with Crippen LogP contribution in [0.25, 0.3) is 11.3 Å². The van der Waals surface area contributed by atoms with Crippen molar-refractivity contribution in [2.45, 2.75) is 13.3 Å². The monoisotopic (exact) mass is 395 g/mol. The van der Waals surface area contributed by atoms with Crippen LogP contribution >= 0.6 is 11.3 Å². The van der Waals surface area contributed by atoms with Crippen LogP contribution in [0.4, 0.5) is 5.13 Å². The minimum Gasteiger partial charge on any atom is -0.484 e. The van der Waals surface area contributed by atoms with Gasteiger partial charge in [-0.1, -0.05) is 42.5 Å². The third-order valence-electron chi connectivity index (χ3n) is 3.90. The van der Waals surface area contributed by atoms with Crippen molar-refractivity contribution >= 4 is 28.3 Å². The first kappa shape index (κ1) is 19.6. The highest BCUT2D eigenvalue weighted by molar-refractivity contribution is 7.14. The maximum atomic E-state index is 12.0. The number of amides is 2. The van der Waals surface area contributed by atoms with Gasteiger partial charge in [0.2, 0.25) is 5.91 Å². The SMILES string of the molecule is CC(=O)NCCc1ccc(-c2csc(NC(=O)COc3ccccc3)n2)cc1. The molecule has 0 saturated carbocycles. The molecule has 0 fully saturated rings. The standard InChI is InChI=1S/C21H21N3O3S/c1-15(25)22-12-11-16-7-9-17(10-8-16)19-14-28-21(23-19)24-20(26)13-27-18-5-3-2-4-6-18/h2-10,14H,11-13H2,1H3,(H,22,25)(H,23,24,26). The lowest BCUT2D eigenvalue weighted by atomic mass is 10.1. The van der Waals surface area contributed by atoms with Gasteiger partial charge < -0.3 is 10.1 Å². The number of nitrogens with zero attached hydrogens (tertiary/aromatic N) is 1. The summed E-state index contributed by atoms with van der Waals surface area (Å²) in [6.07, 6.45) is 0.777. The van der Waals surface area contributed by atoms with Crippen molar-refractivity contribution in [2.75, 3.05) is 18.5 Å². The van der Waals surface area contributed by atoms with Crippen LogP contribution in [0.3, 0.4) is 0 Å². The first-order valence-electron chi connectivity index (χ1n) is 8.87. The van der Waals surface area contributed by atoms with Crippen LogP contribution in [0.15, 0.2) is 60.0 Å². The molecule has 0 aliphatic heterocycles. The zero-order valence-electron chi connectivity index (χ0n) is 15.5. The summed E-state index contributed by atoms with van der Waals surface area (Å²) in [6.45, 7) is 2.06. The fraction of sp³-hybridized carbons (Fsp3) is 0.190. The van der Waals surface area contributed by atoms with Crippen molar-refractivity contribution in [3.8, 4) is 17.0 Å². The second-order valence-electron chi connectivity index (χ2n) is 6.12. The summed E-state index contributed by atoms with van der Waals surface area (Å²) in [5.74, 6) is 0.372. The Bertz CT molecular complexity index is 924. The quantitative estimate of drug-likeness (QED) is 0.612. The van der Waals surface area contributed by atoms with Crippen LogP contribution in [0.2, 0.25) is 0 Å². The Morgan fingerprint density at radius 2 is 1.82 bits per heavy atom. The van der Waals surface area contributed by atoms with E-state index in [1.165, 1.54) is 18.3 Å². The van der Waals surface area contributed by atoms with Gasteiger partial charge in [-0.3, -0.25) is 14.9 Å². The van der Waals surface area contributed by atoms with E-state index >= 15 is 0 Å². The number of hydrogen-bond donors (Lipinski definition) is 2. The molecule has 0 saturated heterocycles. The molecule has 6 nitrogen and oxygen atoms in total. The molecule has 3 aromatic rings. The number of carbonyl (C=O) groups is 2. The Labute approximate surface area is 167 Å². The molecule has 0 atom stereocenters. The highest BCUT2D eigenvalue weighted by Crippen LogP contribution is 2.25. The number of para-hydroxylation sites is 1. The molecule has 1 heterocycles. The number of thiazole rings is 1. The average molecular weight is 395 g/mol. The fourth-order valence-corrected chi connectivity index (χ4v) is 3.25. The number of ether oxygens (including phenoxy) is 1. The minimum atomic E-state index is -0.252. The molecule has 1 aromatic heterocycles. The molecule has 0 unspecified atom stereocenters. The summed E-state index contributed by atoms with van der Waals surface area (Å²) >= 11 is 1.37. The number of aromatic nitrogens is 1. The Morgan fingerprint density at radius 3 is 2.54 bits per heavy atom. The normalized spacial score (nSPS) is 10.3. The Hall–Kier alpha value is -3.19. The van der Waals surface area contributed by atoms with Crippen LogP contribution in [0.1, 0.15) is 12.5 Å². The van der Waals surface area contributed by atoms with E-state index in [-0.39, 0.29) is 18.4 Å². The zero-order valence-corrected chi connectivity index (χ0v) is 16.3. The smallest absolute Gasteiger partial charge is 0.264 e. The van der Waals surface area contributed by atoms with E-state index < -0.39 is 0 Å². The molecule has 144 valence electrons. The third kappa shape index (κ3) is 5.92. The summed E-state index contributed by atoms with van der Waals surface area (Å²) in [5.41, 5.74) is 2.91. The molecule has 0 aliphatic rings. The van der Waals surface area contributed by atoms with Gasteiger partial charge in [0.25, 0.3) is 5.91 Å². The molecule has 0 spiro atoms. The second kappa shape index (κ2) is 9.66. The van der Waals surface area contributed by atoms with Gasteiger partial charge in [-0.05, 0) is 24.1 Å². The third-order valence-corrected chi connectivity index (χ3v) is 4.66. The van der Waals surface area contributed by atoms with Crippen molar-refractivity contribution in [3.05, 3.63) is 65.5 Å². The van der Waals surface area contributed by atoms with Gasteiger partial charge in [0, 0.05) is 24.4 Å². The first-order valence-corrected chi connectivity index (χ1v) is 9.75. The van der Waals surface area contributed by atoms with E-state index in [0.717, 1.165) is 23.2 Å². The van der Waals surface area contributed by atoms with Crippen LogP contribution in [-0.4, -0.2) is 29.9 Å². The second-order valence-corrected chi connectivity index (χ2v) is 6.98. The molecule has 0 bridgehead atoms. The number of rotatable bonds is 8. The van der Waals surface area contributed by atoms with Gasteiger partial charge in [0.05, 0.1) is 5.69 Å². The molecule has 3 rings (SSSR count). The van der Waals surface area contributed by atoms with Gasteiger partial charge in [-0.25, -0.2) is 4.98 Å².